The van der Waals surface area contributed by atoms with E-state index in [1.165, 1.54) is 22.6 Å². The average molecular weight is 235 g/mol. The summed E-state index contributed by atoms with van der Waals surface area (Å²) < 4.78 is 0. The highest BCUT2D eigenvalue weighted by molar-refractivity contribution is 7.99. The maximum atomic E-state index is 9.57. The second-order valence-electron chi connectivity index (χ2n) is 4.78. The van der Waals surface area contributed by atoms with E-state index < -0.39 is 0 Å². The van der Waals surface area contributed by atoms with Crippen LogP contribution in [-0.2, 0) is 5.41 Å². The van der Waals surface area contributed by atoms with Crippen molar-refractivity contribution in [1.29, 1.82) is 0 Å². The van der Waals surface area contributed by atoms with E-state index in [9.17, 15) is 5.11 Å². The van der Waals surface area contributed by atoms with Gasteiger partial charge in [0.2, 0.25) is 0 Å². The van der Waals surface area contributed by atoms with Crippen molar-refractivity contribution >= 4 is 17.4 Å². The third kappa shape index (κ3) is 1.54. The molecule has 0 unspecified atom stereocenters. The molecule has 3 rings (SSSR count). The Morgan fingerprint density at radius 2 is 2.25 bits per heavy atom. The van der Waals surface area contributed by atoms with Crippen LogP contribution in [0.15, 0.2) is 23.1 Å². The van der Waals surface area contributed by atoms with Gasteiger partial charge in [0.05, 0.1) is 6.61 Å². The predicted molar refractivity (Wildman–Crippen MR) is 68.3 cm³/mol. The van der Waals surface area contributed by atoms with Crippen LogP contribution in [-0.4, -0.2) is 24.0 Å². The standard InChI is InChI=1S/C13H17NOS/c15-9-13(4-1-5-13)10-2-3-11-12(8-10)16-7-6-14-11/h2-3,8,14-15H,1,4-7,9H2. The van der Waals surface area contributed by atoms with Gasteiger partial charge in [-0.25, -0.2) is 0 Å². The molecule has 86 valence electrons. The number of benzene rings is 1. The van der Waals surface area contributed by atoms with Gasteiger partial charge in [-0.2, -0.15) is 0 Å². The minimum Gasteiger partial charge on any atom is -0.395 e. The number of hydrogen-bond donors (Lipinski definition) is 2. The summed E-state index contributed by atoms with van der Waals surface area (Å²) in [6, 6.07) is 6.64. The quantitative estimate of drug-likeness (QED) is 0.826. The molecular formula is C13H17NOS. The first-order chi connectivity index (χ1) is 7.84. The first kappa shape index (κ1) is 10.5. The second-order valence-corrected chi connectivity index (χ2v) is 5.91. The minimum absolute atomic E-state index is 0.0764. The molecule has 0 saturated heterocycles. The molecule has 0 amide bonds. The maximum absolute atomic E-state index is 9.57. The molecule has 0 bridgehead atoms. The topological polar surface area (TPSA) is 32.3 Å². The van der Waals surface area contributed by atoms with E-state index in [0.29, 0.717) is 6.61 Å². The summed E-state index contributed by atoms with van der Waals surface area (Å²) >= 11 is 1.92. The van der Waals surface area contributed by atoms with Crippen molar-refractivity contribution in [3.63, 3.8) is 0 Å². The third-order valence-electron chi connectivity index (χ3n) is 3.88. The number of fused-ring (bicyclic) bond motifs is 1. The fourth-order valence-corrected chi connectivity index (χ4v) is 3.54. The van der Waals surface area contributed by atoms with Crippen LogP contribution in [0.3, 0.4) is 0 Å². The van der Waals surface area contributed by atoms with Gasteiger partial charge in [-0.3, -0.25) is 0 Å². The monoisotopic (exact) mass is 235 g/mol. The highest BCUT2D eigenvalue weighted by atomic mass is 32.2. The normalized spacial score (nSPS) is 21.8. The number of hydrogen-bond acceptors (Lipinski definition) is 3. The lowest BCUT2D eigenvalue weighted by molar-refractivity contribution is 0.120. The first-order valence-corrected chi connectivity index (χ1v) is 6.95. The van der Waals surface area contributed by atoms with Gasteiger partial charge >= 0.3 is 0 Å². The number of aliphatic hydroxyl groups is 1. The van der Waals surface area contributed by atoms with Crippen LogP contribution in [0.2, 0.25) is 0 Å². The van der Waals surface area contributed by atoms with Gasteiger partial charge in [-0.05, 0) is 30.5 Å². The molecule has 2 aliphatic rings. The summed E-state index contributed by atoms with van der Waals surface area (Å²) in [5, 5.41) is 13.0. The number of anilines is 1. The Bertz CT molecular complexity index is 395. The van der Waals surface area contributed by atoms with Crippen LogP contribution in [0.4, 0.5) is 5.69 Å². The van der Waals surface area contributed by atoms with Crippen molar-refractivity contribution in [2.24, 2.45) is 0 Å². The van der Waals surface area contributed by atoms with E-state index in [0.717, 1.165) is 25.1 Å². The van der Waals surface area contributed by atoms with Crippen molar-refractivity contribution in [2.45, 2.75) is 29.6 Å². The van der Waals surface area contributed by atoms with Crippen LogP contribution in [0, 0.1) is 0 Å². The third-order valence-corrected chi connectivity index (χ3v) is 4.94. The van der Waals surface area contributed by atoms with Crippen LogP contribution in [0.5, 0.6) is 0 Å². The number of thioether (sulfide) groups is 1. The second kappa shape index (κ2) is 3.97. The Kier molecular flexibility index (Phi) is 2.60. The molecule has 0 aromatic heterocycles. The molecule has 1 aliphatic heterocycles. The number of aliphatic hydroxyl groups excluding tert-OH is 1. The van der Waals surface area contributed by atoms with Gasteiger partial charge in [0.15, 0.2) is 0 Å². The summed E-state index contributed by atoms with van der Waals surface area (Å²) in [5.41, 5.74) is 2.66. The number of nitrogens with one attached hydrogen (secondary N) is 1. The zero-order valence-electron chi connectivity index (χ0n) is 9.33. The zero-order valence-corrected chi connectivity index (χ0v) is 10.1. The van der Waals surface area contributed by atoms with Crippen LogP contribution >= 0.6 is 11.8 Å². The summed E-state index contributed by atoms with van der Waals surface area (Å²) in [5.74, 6) is 1.14. The largest absolute Gasteiger partial charge is 0.395 e. The maximum Gasteiger partial charge on any atom is 0.0527 e. The molecule has 0 radical (unpaired) electrons. The molecule has 2 nitrogen and oxygen atoms in total. The first-order valence-electron chi connectivity index (χ1n) is 5.96. The van der Waals surface area contributed by atoms with Crippen LogP contribution in [0.25, 0.3) is 0 Å². The van der Waals surface area contributed by atoms with E-state index >= 15 is 0 Å². The Hall–Kier alpha value is -0.670. The highest BCUT2D eigenvalue weighted by Gasteiger charge is 2.38. The Labute approximate surface area is 100 Å². The van der Waals surface area contributed by atoms with Crippen molar-refractivity contribution in [3.05, 3.63) is 23.8 Å². The Morgan fingerprint density at radius 3 is 2.94 bits per heavy atom. The fraction of sp³-hybridized carbons (Fsp3) is 0.538. The molecule has 1 aromatic rings. The smallest absolute Gasteiger partial charge is 0.0527 e. The molecule has 0 atom stereocenters. The van der Waals surface area contributed by atoms with Gasteiger partial charge < -0.3 is 10.4 Å². The average Bonchev–Trinajstić information content (AvgIpc) is 2.28. The molecule has 2 N–H and O–H groups in total. The molecule has 3 heteroatoms. The Balaban J connectivity index is 1.96. The van der Waals surface area contributed by atoms with E-state index in [1.807, 2.05) is 11.8 Å². The van der Waals surface area contributed by atoms with Gasteiger partial charge in [0, 0.05) is 28.3 Å². The lowest BCUT2D eigenvalue weighted by Crippen LogP contribution is -2.38. The Morgan fingerprint density at radius 1 is 1.38 bits per heavy atom. The molecule has 1 aliphatic carbocycles. The molecule has 1 aromatic carbocycles. The van der Waals surface area contributed by atoms with Gasteiger partial charge in [0.25, 0.3) is 0 Å². The minimum atomic E-state index is 0.0764. The van der Waals surface area contributed by atoms with Gasteiger partial charge in [0.1, 0.15) is 0 Å². The molecule has 1 saturated carbocycles. The summed E-state index contributed by atoms with van der Waals surface area (Å²) in [4.78, 5) is 1.35. The van der Waals surface area contributed by atoms with E-state index in [1.54, 1.807) is 0 Å². The lowest BCUT2D eigenvalue weighted by Gasteiger charge is -2.41. The van der Waals surface area contributed by atoms with Crippen molar-refractivity contribution in [1.82, 2.24) is 0 Å². The molecular weight excluding hydrogens is 218 g/mol. The SMILES string of the molecule is OCC1(c2ccc3c(c2)SCCN3)CCC1. The molecule has 16 heavy (non-hydrogen) atoms. The van der Waals surface area contributed by atoms with Crippen molar-refractivity contribution in [2.75, 3.05) is 24.2 Å². The zero-order chi connectivity index (χ0) is 11.0. The van der Waals surface area contributed by atoms with Crippen molar-refractivity contribution < 1.29 is 5.11 Å². The van der Waals surface area contributed by atoms with Crippen LogP contribution in [0.1, 0.15) is 24.8 Å². The number of rotatable bonds is 2. The van der Waals surface area contributed by atoms with E-state index in [4.69, 9.17) is 0 Å². The van der Waals surface area contributed by atoms with E-state index in [-0.39, 0.29) is 5.41 Å². The van der Waals surface area contributed by atoms with E-state index in [2.05, 4.69) is 23.5 Å². The molecule has 1 fully saturated rings. The van der Waals surface area contributed by atoms with Gasteiger partial charge in [-0.15, -0.1) is 11.8 Å². The fourth-order valence-electron chi connectivity index (χ4n) is 2.61. The van der Waals surface area contributed by atoms with Crippen LogP contribution < -0.4 is 5.32 Å². The summed E-state index contributed by atoms with van der Waals surface area (Å²) in [6.07, 6.45) is 3.53. The van der Waals surface area contributed by atoms with Gasteiger partial charge in [-0.1, -0.05) is 12.5 Å². The molecule has 1 heterocycles. The van der Waals surface area contributed by atoms with Crippen molar-refractivity contribution in [3.8, 4) is 0 Å². The predicted octanol–water partition coefficient (Wildman–Crippen LogP) is 2.62. The summed E-state index contributed by atoms with van der Waals surface area (Å²) in [6.45, 7) is 1.35. The summed E-state index contributed by atoms with van der Waals surface area (Å²) in [7, 11) is 0. The molecule has 0 spiro atoms. The highest BCUT2D eigenvalue weighted by Crippen LogP contribution is 2.45. The lowest BCUT2D eigenvalue weighted by atomic mass is 9.65.